The highest BCUT2D eigenvalue weighted by molar-refractivity contribution is 5.95. The lowest BCUT2D eigenvalue weighted by atomic mass is 10.0. The Morgan fingerprint density at radius 1 is 0.897 bits per heavy atom. The summed E-state index contributed by atoms with van der Waals surface area (Å²) in [4.78, 5) is 11.2. The number of carboxylic acid groups (broad SMARTS) is 1. The van der Waals surface area contributed by atoms with Crippen LogP contribution in [0, 0.1) is 5.92 Å². The first-order valence-corrected chi connectivity index (χ1v) is 12.5. The van der Waals surface area contributed by atoms with Crippen molar-refractivity contribution in [2.24, 2.45) is 5.92 Å². The van der Waals surface area contributed by atoms with Crippen molar-refractivity contribution in [3.8, 4) is 11.3 Å². The molecule has 5 nitrogen and oxygen atoms in total. The van der Waals surface area contributed by atoms with E-state index < -0.39 is 23.6 Å². The van der Waals surface area contributed by atoms with E-state index >= 15 is 0 Å². The first-order chi connectivity index (χ1) is 18.7. The van der Waals surface area contributed by atoms with Crippen molar-refractivity contribution in [2.75, 3.05) is 5.32 Å². The topological polar surface area (TPSA) is 67.2 Å². The fourth-order valence-electron chi connectivity index (χ4n) is 4.65. The molecule has 4 aromatic carbocycles. The Bertz CT molecular complexity index is 1610. The smallest absolute Gasteiger partial charge is 0.418 e. The highest BCUT2D eigenvalue weighted by atomic mass is 19.4. The Morgan fingerprint density at radius 3 is 2.28 bits per heavy atom. The summed E-state index contributed by atoms with van der Waals surface area (Å²) in [6.45, 7) is 1.99. The molecule has 0 aliphatic carbocycles. The van der Waals surface area contributed by atoms with Gasteiger partial charge in [0.25, 0.3) is 0 Å². The second-order valence-electron chi connectivity index (χ2n) is 9.54. The molecule has 0 spiro atoms. The van der Waals surface area contributed by atoms with Gasteiger partial charge in [-0.05, 0) is 47.9 Å². The van der Waals surface area contributed by atoms with Gasteiger partial charge in [-0.15, -0.1) is 0 Å². The normalized spacial score (nSPS) is 12.4. The molecular formula is C31H26F3N3O2. The third-order valence-corrected chi connectivity index (χ3v) is 6.59. The number of fused-ring (bicyclic) bond motifs is 1. The first-order valence-electron chi connectivity index (χ1n) is 12.5. The highest BCUT2D eigenvalue weighted by Gasteiger charge is 2.34. The molecule has 0 amide bonds. The zero-order valence-electron chi connectivity index (χ0n) is 21.1. The number of nitrogens with zero attached hydrogens (tertiary/aromatic N) is 2. The van der Waals surface area contributed by atoms with Gasteiger partial charge in [0.2, 0.25) is 0 Å². The van der Waals surface area contributed by atoms with E-state index in [1.165, 1.54) is 6.07 Å². The number of halogens is 3. The summed E-state index contributed by atoms with van der Waals surface area (Å²) in [5.74, 6) is -1.33. The van der Waals surface area contributed by atoms with Crippen LogP contribution >= 0.6 is 0 Å². The fourth-order valence-corrected chi connectivity index (χ4v) is 4.65. The van der Waals surface area contributed by atoms with Crippen LogP contribution in [-0.2, 0) is 23.9 Å². The third kappa shape index (κ3) is 5.80. The van der Waals surface area contributed by atoms with Crippen LogP contribution in [0.4, 0.5) is 24.5 Å². The van der Waals surface area contributed by atoms with Gasteiger partial charge >= 0.3 is 12.1 Å². The number of carboxylic acids is 1. The molecule has 0 radical (unpaired) electrons. The van der Waals surface area contributed by atoms with Crippen molar-refractivity contribution in [3.05, 3.63) is 114 Å². The molecule has 5 rings (SSSR count). The lowest BCUT2D eigenvalue weighted by Gasteiger charge is -2.12. The molecule has 1 unspecified atom stereocenters. The van der Waals surface area contributed by atoms with E-state index in [2.05, 4.69) is 10.4 Å². The van der Waals surface area contributed by atoms with Gasteiger partial charge in [-0.1, -0.05) is 73.7 Å². The summed E-state index contributed by atoms with van der Waals surface area (Å²) in [5.41, 5.74) is 3.94. The van der Waals surface area contributed by atoms with Gasteiger partial charge in [-0.25, -0.2) is 0 Å². The standard InChI is InChI=1S/C31H26F3N3O2/c1-20(30(38)39)17-22-9-5-10-25(18-22)35-24-15-13-23(14-16-24)29-26-11-6-12-27(31(32,33)34)28(26)36-37(29)19-21-7-3-2-4-8-21/h2-16,18,20,35H,17,19H2,1H3,(H,38,39). The summed E-state index contributed by atoms with van der Waals surface area (Å²) in [5, 5.41) is 17.4. The van der Waals surface area contributed by atoms with Crippen molar-refractivity contribution < 1.29 is 23.1 Å². The third-order valence-electron chi connectivity index (χ3n) is 6.59. The molecule has 0 bridgehead atoms. The molecule has 0 aliphatic rings. The van der Waals surface area contributed by atoms with Crippen LogP contribution < -0.4 is 5.32 Å². The number of carbonyl (C=O) groups is 1. The van der Waals surface area contributed by atoms with E-state index in [1.54, 1.807) is 17.7 Å². The van der Waals surface area contributed by atoms with Crippen LogP contribution in [0.15, 0.2) is 97.1 Å². The number of aliphatic carboxylic acids is 1. The van der Waals surface area contributed by atoms with Crippen LogP contribution in [0.2, 0.25) is 0 Å². The van der Waals surface area contributed by atoms with Gasteiger partial charge in [0, 0.05) is 22.3 Å². The van der Waals surface area contributed by atoms with E-state index in [0.717, 1.165) is 34.1 Å². The van der Waals surface area contributed by atoms with Crippen molar-refractivity contribution in [3.63, 3.8) is 0 Å². The predicted molar refractivity (Wildman–Crippen MR) is 146 cm³/mol. The Balaban J connectivity index is 1.48. The lowest BCUT2D eigenvalue weighted by Crippen LogP contribution is -2.12. The molecule has 0 saturated heterocycles. The van der Waals surface area contributed by atoms with Gasteiger partial charge in [-0.3, -0.25) is 9.48 Å². The lowest BCUT2D eigenvalue weighted by molar-refractivity contribution is -0.141. The molecule has 0 fully saturated rings. The SMILES string of the molecule is CC(Cc1cccc(Nc2ccc(-c3c4cccc(C(F)(F)F)c4nn3Cc3ccccc3)cc2)c1)C(=O)O. The Hall–Kier alpha value is -4.59. The number of anilines is 2. The number of aromatic nitrogens is 2. The van der Waals surface area contributed by atoms with Gasteiger partial charge in [0.15, 0.2) is 0 Å². The number of hydrogen-bond donors (Lipinski definition) is 2. The fraction of sp³-hybridized carbons (Fsp3) is 0.161. The number of alkyl halides is 3. The van der Waals surface area contributed by atoms with Crippen molar-refractivity contribution in [1.29, 1.82) is 0 Å². The molecule has 2 N–H and O–H groups in total. The summed E-state index contributed by atoms with van der Waals surface area (Å²) < 4.78 is 43.0. The van der Waals surface area contributed by atoms with Crippen molar-refractivity contribution in [2.45, 2.75) is 26.1 Å². The molecule has 1 aromatic heterocycles. The minimum absolute atomic E-state index is 0.0782. The average Bonchev–Trinajstić information content (AvgIpc) is 3.27. The van der Waals surface area contributed by atoms with Crippen LogP contribution in [0.5, 0.6) is 0 Å². The maximum Gasteiger partial charge on any atom is 0.418 e. The van der Waals surface area contributed by atoms with Gasteiger partial charge in [0.05, 0.1) is 23.7 Å². The van der Waals surface area contributed by atoms with Crippen LogP contribution in [0.1, 0.15) is 23.6 Å². The van der Waals surface area contributed by atoms with E-state index in [0.29, 0.717) is 24.0 Å². The summed E-state index contributed by atoms with van der Waals surface area (Å²) in [7, 11) is 0. The zero-order chi connectivity index (χ0) is 27.6. The Kier molecular flexibility index (Phi) is 7.11. The maximum absolute atomic E-state index is 13.8. The maximum atomic E-state index is 13.8. The summed E-state index contributed by atoms with van der Waals surface area (Å²) in [6, 6.07) is 28.6. The quantitative estimate of drug-likeness (QED) is 0.215. The molecule has 1 heterocycles. The molecule has 198 valence electrons. The number of hydrogen-bond acceptors (Lipinski definition) is 3. The molecule has 5 aromatic rings. The molecule has 8 heteroatoms. The highest BCUT2D eigenvalue weighted by Crippen LogP contribution is 2.38. The first kappa shape index (κ1) is 26.0. The molecular weight excluding hydrogens is 503 g/mol. The van der Waals surface area contributed by atoms with Crippen molar-refractivity contribution in [1.82, 2.24) is 9.78 Å². The second kappa shape index (κ2) is 10.6. The average molecular weight is 530 g/mol. The number of nitrogens with one attached hydrogen (secondary N) is 1. The largest absolute Gasteiger partial charge is 0.481 e. The van der Waals surface area contributed by atoms with Crippen LogP contribution in [0.25, 0.3) is 22.2 Å². The zero-order valence-corrected chi connectivity index (χ0v) is 21.1. The Labute approximate surface area is 223 Å². The summed E-state index contributed by atoms with van der Waals surface area (Å²) in [6.07, 6.45) is -4.10. The second-order valence-corrected chi connectivity index (χ2v) is 9.54. The molecule has 0 saturated carbocycles. The molecule has 39 heavy (non-hydrogen) atoms. The Morgan fingerprint density at radius 2 is 1.59 bits per heavy atom. The summed E-state index contributed by atoms with van der Waals surface area (Å²) >= 11 is 0. The molecule has 0 aliphatic heterocycles. The van der Waals surface area contributed by atoms with E-state index in [4.69, 9.17) is 0 Å². The minimum Gasteiger partial charge on any atom is -0.481 e. The number of rotatable bonds is 8. The minimum atomic E-state index is -4.52. The molecule has 1 atom stereocenters. The van der Waals surface area contributed by atoms with Crippen molar-refractivity contribution >= 4 is 28.2 Å². The van der Waals surface area contributed by atoms with Crippen LogP contribution in [-0.4, -0.2) is 20.9 Å². The van der Waals surface area contributed by atoms with E-state index in [9.17, 15) is 23.1 Å². The van der Waals surface area contributed by atoms with Gasteiger partial charge in [-0.2, -0.15) is 18.3 Å². The monoisotopic (exact) mass is 529 g/mol. The van der Waals surface area contributed by atoms with Gasteiger partial charge < -0.3 is 10.4 Å². The predicted octanol–water partition coefficient (Wildman–Crippen LogP) is 7.78. The van der Waals surface area contributed by atoms with E-state index in [1.807, 2.05) is 78.9 Å². The van der Waals surface area contributed by atoms with Gasteiger partial charge in [0.1, 0.15) is 5.52 Å². The van der Waals surface area contributed by atoms with E-state index in [-0.39, 0.29) is 5.52 Å². The number of benzene rings is 4. The van der Waals surface area contributed by atoms with Crippen LogP contribution in [0.3, 0.4) is 0 Å².